The van der Waals surface area contributed by atoms with Gasteiger partial charge < -0.3 is 5.32 Å². The van der Waals surface area contributed by atoms with E-state index in [1.54, 1.807) is 0 Å². The molecular weight excluding hydrogens is 346 g/mol. The highest BCUT2D eigenvalue weighted by Crippen LogP contribution is 2.70. The predicted octanol–water partition coefficient (Wildman–Crippen LogP) is 4.91. The van der Waals surface area contributed by atoms with Crippen molar-refractivity contribution < 1.29 is 4.79 Å². The van der Waals surface area contributed by atoms with Crippen molar-refractivity contribution in [3.8, 4) is 0 Å². The maximum absolute atomic E-state index is 13.8. The molecule has 2 atom stereocenters. The van der Waals surface area contributed by atoms with Crippen LogP contribution in [-0.4, -0.2) is 15.9 Å². The number of hydrogen-bond donors (Lipinski definition) is 1. The summed E-state index contributed by atoms with van der Waals surface area (Å²) < 4.78 is 0. The molecule has 1 heterocycles. The Hall–Kier alpha value is -2.75. The van der Waals surface area contributed by atoms with Gasteiger partial charge in [-0.1, -0.05) is 51.1 Å². The Balaban J connectivity index is 1.72. The first-order valence-corrected chi connectivity index (χ1v) is 9.96. The highest BCUT2D eigenvalue weighted by Gasteiger charge is 2.73. The quantitative estimate of drug-likeness (QED) is 0.697. The number of nitrogens with one attached hydrogen (secondary N) is 1. The van der Waals surface area contributed by atoms with Crippen LogP contribution >= 0.6 is 0 Å². The van der Waals surface area contributed by atoms with Crippen molar-refractivity contribution in [1.82, 2.24) is 9.97 Å². The van der Waals surface area contributed by atoms with E-state index in [2.05, 4.69) is 26.1 Å². The SMILES string of the molecule is Cc1ccccc1NC(=O)[C@@]12CC[C@@](C)(c3nc4ccccc4nc31)C2(C)C. The van der Waals surface area contributed by atoms with E-state index < -0.39 is 5.41 Å². The molecule has 1 N–H and O–H groups in total. The summed E-state index contributed by atoms with van der Waals surface area (Å²) in [6, 6.07) is 15.9. The van der Waals surface area contributed by atoms with Crippen LogP contribution < -0.4 is 5.32 Å². The van der Waals surface area contributed by atoms with Crippen molar-refractivity contribution >= 4 is 22.6 Å². The highest BCUT2D eigenvalue weighted by molar-refractivity contribution is 6.02. The maximum Gasteiger partial charge on any atom is 0.237 e. The smallest absolute Gasteiger partial charge is 0.237 e. The number of hydrogen-bond acceptors (Lipinski definition) is 3. The number of aryl methyl sites for hydroxylation is 1. The van der Waals surface area contributed by atoms with E-state index in [0.29, 0.717) is 0 Å². The molecule has 1 fully saturated rings. The van der Waals surface area contributed by atoms with Crippen LogP contribution in [0.4, 0.5) is 5.69 Å². The van der Waals surface area contributed by atoms with Gasteiger partial charge in [0, 0.05) is 11.1 Å². The third-order valence-corrected chi connectivity index (χ3v) is 7.72. The topological polar surface area (TPSA) is 54.9 Å². The molecule has 28 heavy (non-hydrogen) atoms. The molecule has 0 aliphatic heterocycles. The molecule has 4 heteroatoms. The van der Waals surface area contributed by atoms with E-state index in [0.717, 1.165) is 46.5 Å². The van der Waals surface area contributed by atoms with Crippen LogP contribution in [0.25, 0.3) is 11.0 Å². The lowest BCUT2D eigenvalue weighted by Gasteiger charge is -2.39. The second kappa shape index (κ2) is 5.40. The number of aromatic nitrogens is 2. The van der Waals surface area contributed by atoms with Gasteiger partial charge in [0.25, 0.3) is 0 Å². The van der Waals surface area contributed by atoms with Gasteiger partial charge in [-0.2, -0.15) is 0 Å². The van der Waals surface area contributed by atoms with Crippen LogP contribution in [0.1, 0.15) is 50.6 Å². The maximum atomic E-state index is 13.8. The second-order valence-electron chi connectivity index (χ2n) is 9.04. The summed E-state index contributed by atoms with van der Waals surface area (Å²) in [5.74, 6) is 0.0406. The minimum absolute atomic E-state index is 0.0406. The fraction of sp³-hybridized carbons (Fsp3) is 0.375. The molecule has 0 radical (unpaired) electrons. The molecule has 4 nitrogen and oxygen atoms in total. The van der Waals surface area contributed by atoms with Gasteiger partial charge in [0.2, 0.25) is 5.91 Å². The molecule has 0 spiro atoms. The van der Waals surface area contributed by atoms with Crippen LogP contribution in [0.3, 0.4) is 0 Å². The van der Waals surface area contributed by atoms with E-state index in [-0.39, 0.29) is 16.7 Å². The predicted molar refractivity (Wildman–Crippen MR) is 111 cm³/mol. The second-order valence-corrected chi connectivity index (χ2v) is 9.04. The number of para-hydroxylation sites is 3. The minimum Gasteiger partial charge on any atom is -0.325 e. The van der Waals surface area contributed by atoms with Crippen LogP contribution in [0.15, 0.2) is 48.5 Å². The average Bonchev–Trinajstić information content (AvgIpc) is 2.98. The van der Waals surface area contributed by atoms with Gasteiger partial charge in [0.05, 0.1) is 27.8 Å². The number of fused-ring (bicyclic) bond motifs is 6. The van der Waals surface area contributed by atoms with Crippen molar-refractivity contribution in [3.63, 3.8) is 0 Å². The number of carbonyl (C=O) groups excluding carboxylic acids is 1. The molecule has 1 aromatic heterocycles. The number of benzene rings is 2. The number of rotatable bonds is 2. The molecule has 0 saturated heterocycles. The van der Waals surface area contributed by atoms with Gasteiger partial charge >= 0.3 is 0 Å². The fourth-order valence-corrected chi connectivity index (χ4v) is 5.49. The minimum atomic E-state index is -0.670. The molecule has 2 bridgehead atoms. The molecule has 1 saturated carbocycles. The van der Waals surface area contributed by atoms with Gasteiger partial charge in [-0.05, 0) is 48.9 Å². The third-order valence-electron chi connectivity index (χ3n) is 7.72. The van der Waals surface area contributed by atoms with Crippen LogP contribution in [0.2, 0.25) is 0 Å². The fourth-order valence-electron chi connectivity index (χ4n) is 5.49. The van der Waals surface area contributed by atoms with E-state index in [1.807, 2.05) is 55.5 Å². The van der Waals surface area contributed by atoms with Gasteiger partial charge in [-0.25, -0.2) is 9.97 Å². The molecule has 5 rings (SSSR count). The summed E-state index contributed by atoms with van der Waals surface area (Å²) in [6.45, 7) is 8.70. The summed E-state index contributed by atoms with van der Waals surface area (Å²) in [5, 5.41) is 3.23. The zero-order chi connectivity index (χ0) is 19.7. The standard InChI is InChI=1S/C24H25N3O/c1-15-9-5-6-10-16(15)27-21(28)24-14-13-23(4,22(24,2)3)19-20(24)26-18-12-8-7-11-17(18)25-19/h5-12H,13-14H2,1-4H3,(H,27,28)/t23-,24+/m0/s1. The molecule has 2 aliphatic carbocycles. The Kier molecular flexibility index (Phi) is 3.35. The van der Waals surface area contributed by atoms with E-state index in [9.17, 15) is 4.79 Å². The third kappa shape index (κ3) is 1.88. The Morgan fingerprint density at radius 1 is 0.893 bits per heavy atom. The van der Waals surface area contributed by atoms with Crippen molar-refractivity contribution in [2.24, 2.45) is 5.41 Å². The lowest BCUT2D eigenvalue weighted by atomic mass is 9.63. The molecule has 2 aromatic carbocycles. The molecule has 142 valence electrons. The van der Waals surface area contributed by atoms with Crippen molar-refractivity contribution in [1.29, 1.82) is 0 Å². The number of anilines is 1. The Bertz CT molecular complexity index is 1140. The number of nitrogens with zero attached hydrogens (tertiary/aromatic N) is 2. The first-order valence-electron chi connectivity index (χ1n) is 9.96. The first-order chi connectivity index (χ1) is 13.3. The molecule has 0 unspecified atom stereocenters. The van der Waals surface area contributed by atoms with Gasteiger partial charge in [-0.3, -0.25) is 4.79 Å². The van der Waals surface area contributed by atoms with Gasteiger partial charge in [0.1, 0.15) is 0 Å². The first kappa shape index (κ1) is 17.4. The monoisotopic (exact) mass is 371 g/mol. The number of amides is 1. The molecule has 2 aliphatic rings. The Labute approximate surface area is 165 Å². The Morgan fingerprint density at radius 2 is 1.50 bits per heavy atom. The molecule has 1 amide bonds. The van der Waals surface area contributed by atoms with Crippen molar-refractivity contribution in [3.05, 3.63) is 65.5 Å². The lowest BCUT2D eigenvalue weighted by molar-refractivity contribution is -0.125. The van der Waals surface area contributed by atoms with Crippen molar-refractivity contribution in [2.45, 2.75) is 51.4 Å². The summed E-state index contributed by atoms with van der Waals surface area (Å²) in [7, 11) is 0. The van der Waals surface area contributed by atoms with E-state index >= 15 is 0 Å². The van der Waals surface area contributed by atoms with Crippen molar-refractivity contribution in [2.75, 3.05) is 5.32 Å². The van der Waals surface area contributed by atoms with Gasteiger partial charge in [0.15, 0.2) is 0 Å². The zero-order valence-corrected chi connectivity index (χ0v) is 16.8. The Morgan fingerprint density at radius 3 is 2.18 bits per heavy atom. The van der Waals surface area contributed by atoms with Crippen LogP contribution in [-0.2, 0) is 15.6 Å². The van der Waals surface area contributed by atoms with Crippen LogP contribution in [0, 0.1) is 12.3 Å². The molecule has 3 aromatic rings. The molecular formula is C24H25N3O. The average molecular weight is 371 g/mol. The number of carbonyl (C=O) groups is 1. The normalized spacial score (nSPS) is 27.0. The van der Waals surface area contributed by atoms with E-state index in [4.69, 9.17) is 9.97 Å². The summed E-state index contributed by atoms with van der Waals surface area (Å²) in [4.78, 5) is 23.9. The zero-order valence-electron chi connectivity index (χ0n) is 16.8. The van der Waals surface area contributed by atoms with Crippen LogP contribution in [0.5, 0.6) is 0 Å². The van der Waals surface area contributed by atoms with E-state index in [1.165, 1.54) is 0 Å². The summed E-state index contributed by atoms with van der Waals surface area (Å²) in [5.41, 5.74) is 4.46. The van der Waals surface area contributed by atoms with Gasteiger partial charge in [-0.15, -0.1) is 0 Å². The largest absolute Gasteiger partial charge is 0.325 e. The summed E-state index contributed by atoms with van der Waals surface area (Å²) >= 11 is 0. The summed E-state index contributed by atoms with van der Waals surface area (Å²) in [6.07, 6.45) is 1.75. The highest BCUT2D eigenvalue weighted by atomic mass is 16.2. The lowest BCUT2D eigenvalue weighted by Crippen LogP contribution is -2.48.